The number of hydrogen-bond donors (Lipinski definition) is 1. The minimum Gasteiger partial charge on any atom is -0.512 e. The molecule has 0 spiro atoms. The monoisotopic (exact) mass is 390 g/mol. The van der Waals surface area contributed by atoms with Crippen LogP contribution in [0.25, 0.3) is 0 Å². The number of thioether (sulfide) groups is 1. The van der Waals surface area contributed by atoms with E-state index in [9.17, 15) is 23.1 Å². The predicted molar refractivity (Wildman–Crippen MR) is 103 cm³/mol. The number of hydrogen-bond acceptors (Lipinski definition) is 3. The first kappa shape index (κ1) is 24.6. The van der Waals surface area contributed by atoms with E-state index in [0.717, 1.165) is 17.8 Å². The highest BCUT2D eigenvalue weighted by atomic mass is 32.2. The molecule has 0 radical (unpaired) electrons. The number of allylic oxidation sites excluding steroid dienone is 2. The molecule has 0 bridgehead atoms. The Hall–Kier alpha value is -1.43. The first-order chi connectivity index (χ1) is 12.3. The molecule has 0 saturated carbocycles. The fourth-order valence-electron chi connectivity index (χ4n) is 2.49. The van der Waals surface area contributed by atoms with E-state index in [-0.39, 0.29) is 22.4 Å². The molecule has 0 amide bonds. The highest BCUT2D eigenvalue weighted by Gasteiger charge is 2.33. The summed E-state index contributed by atoms with van der Waals surface area (Å²) >= 11 is 1.15. The fraction of sp³-hybridized carbons (Fsp3) is 0.550. The number of alkyl halides is 3. The molecule has 1 atom stereocenters. The van der Waals surface area contributed by atoms with E-state index in [4.69, 9.17) is 0 Å². The van der Waals surface area contributed by atoms with Gasteiger partial charge in [-0.05, 0) is 37.1 Å². The molecule has 2 rings (SSSR count). The maximum absolute atomic E-state index is 13.0. The van der Waals surface area contributed by atoms with Crippen LogP contribution in [-0.2, 0) is 11.0 Å². The van der Waals surface area contributed by atoms with Crippen LogP contribution in [-0.4, -0.2) is 16.6 Å². The van der Waals surface area contributed by atoms with E-state index < -0.39 is 11.7 Å². The molecule has 6 heteroatoms. The summed E-state index contributed by atoms with van der Waals surface area (Å²) in [6.45, 7) is 9.63. The normalized spacial score (nSPS) is 16.7. The van der Waals surface area contributed by atoms with Gasteiger partial charge in [-0.25, -0.2) is 0 Å². The highest BCUT2D eigenvalue weighted by molar-refractivity contribution is 7.99. The Balaban J connectivity index is 0.00000146. The molecule has 0 fully saturated rings. The summed E-state index contributed by atoms with van der Waals surface area (Å²) < 4.78 is 39.0. The summed E-state index contributed by atoms with van der Waals surface area (Å²) in [6.07, 6.45) is -1.77. The smallest absolute Gasteiger partial charge is 0.417 e. The number of ketones is 1. The second kappa shape index (κ2) is 12.0. The van der Waals surface area contributed by atoms with Gasteiger partial charge in [0.25, 0.3) is 0 Å². The van der Waals surface area contributed by atoms with E-state index in [0.29, 0.717) is 30.6 Å². The molecule has 1 aromatic carbocycles. The molecule has 148 valence electrons. The van der Waals surface area contributed by atoms with Gasteiger partial charge in [0.1, 0.15) is 0 Å². The van der Waals surface area contributed by atoms with Gasteiger partial charge in [-0.3, -0.25) is 4.79 Å². The summed E-state index contributed by atoms with van der Waals surface area (Å²) in [4.78, 5) is 11.6. The molecule has 1 aliphatic carbocycles. The summed E-state index contributed by atoms with van der Waals surface area (Å²) in [5.41, 5.74) is -0.0374. The lowest BCUT2D eigenvalue weighted by Crippen LogP contribution is -2.15. The first-order valence-corrected chi connectivity index (χ1v) is 9.97. The number of aliphatic hydroxyl groups excluding tert-OH is 1. The second-order valence-corrected chi connectivity index (χ2v) is 6.65. The molecule has 0 saturated heterocycles. The van der Waals surface area contributed by atoms with Gasteiger partial charge in [-0.15, -0.1) is 11.8 Å². The predicted octanol–water partition coefficient (Wildman–Crippen LogP) is 6.97. The van der Waals surface area contributed by atoms with Crippen molar-refractivity contribution in [1.29, 1.82) is 0 Å². The summed E-state index contributed by atoms with van der Waals surface area (Å²) in [7, 11) is 0. The van der Waals surface area contributed by atoms with Crippen LogP contribution in [0.15, 0.2) is 34.9 Å². The number of benzene rings is 1. The van der Waals surface area contributed by atoms with Crippen molar-refractivity contribution in [1.82, 2.24) is 0 Å². The SMILES string of the molecule is CC.CC.Cc1ccc(SCCC2CC(=O)C=C(O)C2)c(C(F)(F)F)c1. The second-order valence-electron chi connectivity index (χ2n) is 5.51. The standard InChI is InChI=1S/C16H17F3O2S.2C2H6/c1-10-2-3-15(14(6-10)16(17,18)19)22-5-4-11-7-12(20)9-13(21)8-11;2*1-2/h2-3,6,9,11,20H,4-5,7-8H2,1H3;2*1-2H3. The van der Waals surface area contributed by atoms with Gasteiger partial charge in [-0.1, -0.05) is 39.3 Å². The number of carbonyl (C=O) groups excluding carboxylic acids is 1. The molecule has 1 unspecified atom stereocenters. The quantitative estimate of drug-likeness (QED) is 0.564. The van der Waals surface area contributed by atoms with Crippen LogP contribution in [0.1, 0.15) is 58.1 Å². The van der Waals surface area contributed by atoms with Crippen LogP contribution in [0.4, 0.5) is 13.2 Å². The van der Waals surface area contributed by atoms with Crippen LogP contribution in [0.5, 0.6) is 0 Å². The molecule has 0 aromatic heterocycles. The number of aliphatic hydroxyl groups is 1. The molecule has 0 heterocycles. The Kier molecular flexibility index (Phi) is 11.4. The van der Waals surface area contributed by atoms with Crippen molar-refractivity contribution in [2.24, 2.45) is 5.92 Å². The van der Waals surface area contributed by atoms with Crippen molar-refractivity contribution in [3.63, 3.8) is 0 Å². The molecular formula is C20H29F3O2S. The van der Waals surface area contributed by atoms with Crippen molar-refractivity contribution in [2.45, 2.75) is 65.0 Å². The van der Waals surface area contributed by atoms with Crippen LogP contribution in [0.2, 0.25) is 0 Å². The summed E-state index contributed by atoms with van der Waals surface area (Å²) in [6, 6.07) is 4.31. The third-order valence-corrected chi connectivity index (χ3v) is 4.65. The first-order valence-electron chi connectivity index (χ1n) is 8.98. The lowest BCUT2D eigenvalue weighted by molar-refractivity contribution is -0.139. The van der Waals surface area contributed by atoms with E-state index in [1.165, 1.54) is 12.1 Å². The molecule has 0 aliphatic heterocycles. The third-order valence-electron chi connectivity index (χ3n) is 3.54. The molecule has 1 aliphatic rings. The molecular weight excluding hydrogens is 361 g/mol. The van der Waals surface area contributed by atoms with Gasteiger partial charge >= 0.3 is 6.18 Å². The Morgan fingerprint density at radius 2 is 1.77 bits per heavy atom. The van der Waals surface area contributed by atoms with Crippen LogP contribution in [0, 0.1) is 12.8 Å². The van der Waals surface area contributed by atoms with Gasteiger partial charge in [-0.2, -0.15) is 13.2 Å². The topological polar surface area (TPSA) is 37.3 Å². The fourth-order valence-corrected chi connectivity index (χ4v) is 3.65. The summed E-state index contributed by atoms with van der Waals surface area (Å²) in [5, 5.41) is 9.43. The number of halogens is 3. The van der Waals surface area contributed by atoms with Crippen molar-refractivity contribution < 1.29 is 23.1 Å². The molecule has 1 N–H and O–H groups in total. The van der Waals surface area contributed by atoms with Crippen molar-refractivity contribution in [3.05, 3.63) is 41.2 Å². The minimum absolute atomic E-state index is 0.00443. The van der Waals surface area contributed by atoms with Crippen molar-refractivity contribution in [2.75, 3.05) is 5.75 Å². The Labute approximate surface area is 158 Å². The van der Waals surface area contributed by atoms with Gasteiger partial charge in [0.05, 0.1) is 11.3 Å². The Bertz CT molecular complexity index is 595. The van der Waals surface area contributed by atoms with Crippen LogP contribution in [0.3, 0.4) is 0 Å². The van der Waals surface area contributed by atoms with Gasteiger partial charge < -0.3 is 5.11 Å². The maximum atomic E-state index is 13.0. The van der Waals surface area contributed by atoms with Crippen LogP contribution < -0.4 is 0 Å². The van der Waals surface area contributed by atoms with Gasteiger partial charge in [0.2, 0.25) is 0 Å². The van der Waals surface area contributed by atoms with E-state index >= 15 is 0 Å². The zero-order valence-corrected chi connectivity index (χ0v) is 16.9. The third kappa shape index (κ3) is 8.30. The van der Waals surface area contributed by atoms with E-state index in [2.05, 4.69) is 0 Å². The maximum Gasteiger partial charge on any atom is 0.417 e. The Morgan fingerprint density at radius 1 is 1.15 bits per heavy atom. The van der Waals surface area contributed by atoms with Gasteiger partial charge in [0, 0.05) is 23.8 Å². The molecule has 2 nitrogen and oxygen atoms in total. The summed E-state index contributed by atoms with van der Waals surface area (Å²) in [5.74, 6) is 0.435. The molecule has 26 heavy (non-hydrogen) atoms. The lowest BCUT2D eigenvalue weighted by Gasteiger charge is -2.19. The number of rotatable bonds is 4. The average molecular weight is 391 g/mol. The largest absolute Gasteiger partial charge is 0.512 e. The van der Waals surface area contributed by atoms with E-state index in [1.807, 2.05) is 27.7 Å². The number of carbonyl (C=O) groups is 1. The van der Waals surface area contributed by atoms with Crippen molar-refractivity contribution >= 4 is 17.5 Å². The lowest BCUT2D eigenvalue weighted by atomic mass is 9.90. The Morgan fingerprint density at radius 3 is 2.31 bits per heavy atom. The average Bonchev–Trinajstić information content (AvgIpc) is 2.58. The van der Waals surface area contributed by atoms with Gasteiger partial charge in [0.15, 0.2) is 5.78 Å². The van der Waals surface area contributed by atoms with Crippen LogP contribution >= 0.6 is 11.8 Å². The van der Waals surface area contributed by atoms with Crippen molar-refractivity contribution in [3.8, 4) is 0 Å². The van der Waals surface area contributed by atoms with E-state index in [1.54, 1.807) is 13.0 Å². The minimum atomic E-state index is -4.36. The zero-order chi connectivity index (χ0) is 20.3. The zero-order valence-electron chi connectivity index (χ0n) is 16.1. The number of aryl methyl sites for hydroxylation is 1. The highest BCUT2D eigenvalue weighted by Crippen LogP contribution is 2.38. The molecule has 1 aromatic rings.